The van der Waals surface area contributed by atoms with Crippen LogP contribution >= 0.6 is 22.6 Å². The first kappa shape index (κ1) is 7.71. The third-order valence-corrected chi connectivity index (χ3v) is 1.68. The van der Waals surface area contributed by atoms with Gasteiger partial charge in [0.1, 0.15) is 0 Å². The first-order valence-corrected chi connectivity index (χ1v) is 4.26. The molecule has 0 unspecified atom stereocenters. The zero-order valence-electron chi connectivity index (χ0n) is 6.11. The monoisotopic (exact) mass is 277 g/mol. The van der Waals surface area contributed by atoms with Gasteiger partial charge in [-0.25, -0.2) is 0 Å². The molecule has 0 aromatic carbocycles. The Balaban J connectivity index is 2.43. The van der Waals surface area contributed by atoms with E-state index < -0.39 is 0 Å². The smallest absolute Gasteiger partial charge is 0.297 e. The molecule has 0 spiro atoms. The van der Waals surface area contributed by atoms with Crippen LogP contribution in [0, 0.1) is 10.8 Å². The lowest BCUT2D eigenvalue weighted by atomic mass is 10.4. The molecule has 0 N–H and O–H groups in total. The maximum absolute atomic E-state index is 4.91. The van der Waals surface area contributed by atoms with E-state index in [2.05, 4.69) is 15.3 Å². The van der Waals surface area contributed by atoms with E-state index in [0.717, 1.165) is 5.69 Å². The van der Waals surface area contributed by atoms with Crippen LogP contribution in [0.15, 0.2) is 15.1 Å². The highest BCUT2D eigenvalue weighted by atomic mass is 127. The third kappa shape index (κ3) is 1.33. The van der Waals surface area contributed by atoms with Crippen molar-refractivity contribution in [3.05, 3.63) is 15.6 Å². The molecular formula is C6H4IN3O2. The molecule has 0 fully saturated rings. The summed E-state index contributed by atoms with van der Waals surface area (Å²) < 4.78 is 10.3. The Morgan fingerprint density at radius 2 is 2.17 bits per heavy atom. The second-order valence-electron chi connectivity index (χ2n) is 2.20. The Kier molecular flexibility index (Phi) is 1.83. The van der Waals surface area contributed by atoms with Crippen molar-refractivity contribution in [1.29, 1.82) is 0 Å². The lowest BCUT2D eigenvalue weighted by Gasteiger charge is -1.78. The average Bonchev–Trinajstić information content (AvgIpc) is 2.58. The number of nitrogens with zero attached hydrogens (tertiary/aromatic N) is 3. The number of aromatic nitrogens is 3. The predicted octanol–water partition coefficient (Wildman–Crippen LogP) is 1.64. The van der Waals surface area contributed by atoms with Gasteiger partial charge in [-0.15, -0.1) is 0 Å². The summed E-state index contributed by atoms with van der Waals surface area (Å²) in [6.07, 6.45) is 0. The fraction of sp³-hybridized carbons (Fsp3) is 0.167. The van der Waals surface area contributed by atoms with Crippen LogP contribution in [-0.2, 0) is 0 Å². The van der Waals surface area contributed by atoms with E-state index in [0.29, 0.717) is 15.5 Å². The molecule has 0 bridgehead atoms. The normalized spacial score (nSPS) is 10.5. The summed E-state index contributed by atoms with van der Waals surface area (Å²) >= 11 is 1.96. The van der Waals surface area contributed by atoms with Crippen molar-refractivity contribution in [1.82, 2.24) is 15.3 Å². The molecule has 0 aliphatic heterocycles. The minimum Gasteiger partial charge on any atom is -0.351 e. The van der Waals surface area contributed by atoms with Crippen molar-refractivity contribution in [3.8, 4) is 11.7 Å². The highest BCUT2D eigenvalue weighted by Gasteiger charge is 2.11. The van der Waals surface area contributed by atoms with Gasteiger partial charge in [0, 0.05) is 28.7 Å². The molecule has 0 saturated carbocycles. The molecule has 2 aromatic rings. The standard InChI is InChI=1S/C6H4IN3O2/c1-3-2-4(11-9-3)5-8-6(7)10-12-5/h2H,1H3. The van der Waals surface area contributed by atoms with Gasteiger partial charge in [-0.3, -0.25) is 0 Å². The predicted molar refractivity (Wildman–Crippen MR) is 47.2 cm³/mol. The van der Waals surface area contributed by atoms with Gasteiger partial charge < -0.3 is 9.05 Å². The van der Waals surface area contributed by atoms with Gasteiger partial charge in [0.05, 0.1) is 5.69 Å². The largest absolute Gasteiger partial charge is 0.351 e. The minimum absolute atomic E-state index is 0.361. The molecule has 5 nitrogen and oxygen atoms in total. The Morgan fingerprint density at radius 1 is 1.33 bits per heavy atom. The Hall–Kier alpha value is -0.920. The van der Waals surface area contributed by atoms with Gasteiger partial charge in [-0.1, -0.05) is 10.3 Å². The Morgan fingerprint density at radius 3 is 2.67 bits per heavy atom. The van der Waals surface area contributed by atoms with Crippen LogP contribution in [0.3, 0.4) is 0 Å². The highest BCUT2D eigenvalue weighted by Crippen LogP contribution is 2.17. The summed E-state index contributed by atoms with van der Waals surface area (Å²) in [6.45, 7) is 1.83. The van der Waals surface area contributed by atoms with Crippen LogP contribution in [-0.4, -0.2) is 15.3 Å². The molecule has 0 radical (unpaired) electrons. The molecule has 0 amide bonds. The summed E-state index contributed by atoms with van der Waals surface area (Å²) in [5.74, 6) is 0.864. The van der Waals surface area contributed by atoms with Crippen molar-refractivity contribution in [2.75, 3.05) is 0 Å². The SMILES string of the molecule is Cc1cc(-c2nc(I)no2)on1. The third-order valence-electron chi connectivity index (χ3n) is 1.24. The van der Waals surface area contributed by atoms with Crippen LogP contribution in [0.25, 0.3) is 11.7 Å². The van der Waals surface area contributed by atoms with E-state index >= 15 is 0 Å². The van der Waals surface area contributed by atoms with E-state index in [1.54, 1.807) is 6.07 Å². The quantitative estimate of drug-likeness (QED) is 0.741. The van der Waals surface area contributed by atoms with Gasteiger partial charge in [0.25, 0.3) is 5.89 Å². The van der Waals surface area contributed by atoms with E-state index in [4.69, 9.17) is 9.05 Å². The summed E-state index contributed by atoms with van der Waals surface area (Å²) in [4.78, 5) is 3.97. The van der Waals surface area contributed by atoms with Crippen molar-refractivity contribution < 1.29 is 9.05 Å². The first-order valence-electron chi connectivity index (χ1n) is 3.18. The molecule has 62 valence electrons. The maximum atomic E-state index is 4.91. The molecular weight excluding hydrogens is 273 g/mol. The highest BCUT2D eigenvalue weighted by molar-refractivity contribution is 14.1. The Bertz CT molecular complexity index is 357. The number of hydrogen-bond acceptors (Lipinski definition) is 5. The number of rotatable bonds is 1. The molecule has 12 heavy (non-hydrogen) atoms. The topological polar surface area (TPSA) is 65.0 Å². The van der Waals surface area contributed by atoms with Gasteiger partial charge in [0.2, 0.25) is 9.59 Å². The van der Waals surface area contributed by atoms with Gasteiger partial charge in [-0.2, -0.15) is 4.98 Å². The number of halogens is 1. The van der Waals surface area contributed by atoms with Crippen molar-refractivity contribution in [2.24, 2.45) is 0 Å². The molecule has 0 aliphatic carbocycles. The molecule has 2 rings (SSSR count). The average molecular weight is 277 g/mol. The summed E-state index contributed by atoms with van der Waals surface area (Å²) in [5, 5.41) is 7.31. The van der Waals surface area contributed by atoms with Crippen LogP contribution in [0.5, 0.6) is 0 Å². The minimum atomic E-state index is 0.361. The number of hydrogen-bond donors (Lipinski definition) is 0. The van der Waals surface area contributed by atoms with Gasteiger partial charge >= 0.3 is 0 Å². The molecule has 0 aliphatic rings. The molecule has 0 atom stereocenters. The van der Waals surface area contributed by atoms with Gasteiger partial charge in [-0.05, 0) is 6.92 Å². The fourth-order valence-corrected chi connectivity index (χ4v) is 1.09. The zero-order valence-corrected chi connectivity index (χ0v) is 8.27. The molecule has 0 saturated heterocycles. The molecule has 2 aromatic heterocycles. The van der Waals surface area contributed by atoms with Crippen LogP contribution in [0.2, 0.25) is 0 Å². The van der Waals surface area contributed by atoms with Crippen LogP contribution in [0.4, 0.5) is 0 Å². The van der Waals surface area contributed by atoms with Crippen LogP contribution < -0.4 is 0 Å². The zero-order chi connectivity index (χ0) is 8.55. The number of aryl methyl sites for hydroxylation is 1. The second kappa shape index (κ2) is 2.85. The van der Waals surface area contributed by atoms with E-state index in [1.165, 1.54) is 0 Å². The second-order valence-corrected chi connectivity index (χ2v) is 3.17. The van der Waals surface area contributed by atoms with Crippen molar-refractivity contribution in [2.45, 2.75) is 6.92 Å². The van der Waals surface area contributed by atoms with E-state index in [9.17, 15) is 0 Å². The summed E-state index contributed by atoms with van der Waals surface area (Å²) in [6, 6.07) is 1.74. The van der Waals surface area contributed by atoms with Gasteiger partial charge in [0.15, 0.2) is 0 Å². The fourth-order valence-electron chi connectivity index (χ4n) is 0.770. The van der Waals surface area contributed by atoms with Crippen LogP contribution in [0.1, 0.15) is 5.69 Å². The lowest BCUT2D eigenvalue weighted by molar-refractivity contribution is 0.381. The summed E-state index contributed by atoms with van der Waals surface area (Å²) in [5.41, 5.74) is 0.790. The molecule has 6 heteroatoms. The van der Waals surface area contributed by atoms with Crippen molar-refractivity contribution >= 4 is 22.6 Å². The van der Waals surface area contributed by atoms with E-state index in [1.807, 2.05) is 29.5 Å². The lowest BCUT2D eigenvalue weighted by Crippen LogP contribution is -1.72. The summed E-state index contributed by atoms with van der Waals surface area (Å²) in [7, 11) is 0. The molecule has 2 heterocycles. The van der Waals surface area contributed by atoms with Crippen molar-refractivity contribution in [3.63, 3.8) is 0 Å². The Labute approximate surface area is 81.3 Å². The van der Waals surface area contributed by atoms with E-state index in [-0.39, 0.29) is 0 Å². The maximum Gasteiger partial charge on any atom is 0.297 e. The first-order chi connectivity index (χ1) is 5.75.